The molecule has 0 bridgehead atoms. The van der Waals surface area contributed by atoms with E-state index >= 15 is 0 Å². The third-order valence-corrected chi connectivity index (χ3v) is 2.56. The molecule has 1 aromatic carbocycles. The van der Waals surface area contributed by atoms with Crippen molar-refractivity contribution in [1.82, 2.24) is 0 Å². The summed E-state index contributed by atoms with van der Waals surface area (Å²) in [4.78, 5) is 0. The first-order valence-electron chi connectivity index (χ1n) is 4.14. The molecule has 2 rings (SSSR count). The fraction of sp³-hybridized carbons (Fsp3) is 0.300. The van der Waals surface area contributed by atoms with E-state index in [9.17, 15) is 5.11 Å². The van der Waals surface area contributed by atoms with Crippen molar-refractivity contribution < 1.29 is 5.11 Å². The van der Waals surface area contributed by atoms with Crippen LogP contribution in [-0.4, -0.2) is 10.7 Å². The number of fused-ring (bicyclic) bond motifs is 1. The van der Waals surface area contributed by atoms with Crippen LogP contribution in [0, 0.1) is 11.3 Å². The van der Waals surface area contributed by atoms with Crippen molar-refractivity contribution in [3.05, 3.63) is 35.4 Å². The molecule has 1 aromatic rings. The molecule has 0 saturated heterocycles. The molecule has 13 heavy (non-hydrogen) atoms. The van der Waals surface area contributed by atoms with Gasteiger partial charge in [-0.1, -0.05) is 24.3 Å². The van der Waals surface area contributed by atoms with Gasteiger partial charge in [-0.2, -0.15) is 5.26 Å². The van der Waals surface area contributed by atoms with E-state index in [0.717, 1.165) is 11.1 Å². The SMILES string of the molecule is N#CC1(O)Cc2ccccc2C1N. The van der Waals surface area contributed by atoms with Gasteiger partial charge in [-0.05, 0) is 11.1 Å². The van der Waals surface area contributed by atoms with E-state index < -0.39 is 11.6 Å². The molecule has 3 nitrogen and oxygen atoms in total. The van der Waals surface area contributed by atoms with Gasteiger partial charge in [-0.15, -0.1) is 0 Å². The summed E-state index contributed by atoms with van der Waals surface area (Å²) in [7, 11) is 0. The fourth-order valence-corrected chi connectivity index (χ4v) is 1.77. The number of rotatable bonds is 0. The monoisotopic (exact) mass is 174 g/mol. The molecule has 2 unspecified atom stereocenters. The summed E-state index contributed by atoms with van der Waals surface area (Å²) in [5.74, 6) is 0. The van der Waals surface area contributed by atoms with Crippen LogP contribution < -0.4 is 5.73 Å². The van der Waals surface area contributed by atoms with E-state index in [2.05, 4.69) is 0 Å². The third-order valence-electron chi connectivity index (χ3n) is 2.56. The van der Waals surface area contributed by atoms with E-state index in [1.807, 2.05) is 30.3 Å². The summed E-state index contributed by atoms with van der Waals surface area (Å²) < 4.78 is 0. The molecule has 1 aliphatic carbocycles. The summed E-state index contributed by atoms with van der Waals surface area (Å²) in [5, 5.41) is 18.6. The Balaban J connectivity index is 2.51. The van der Waals surface area contributed by atoms with Crippen LogP contribution in [0.2, 0.25) is 0 Å². The zero-order valence-electron chi connectivity index (χ0n) is 7.07. The van der Waals surface area contributed by atoms with Gasteiger partial charge in [-0.3, -0.25) is 0 Å². The highest BCUT2D eigenvalue weighted by Crippen LogP contribution is 2.36. The predicted octanol–water partition coefficient (Wildman–Crippen LogP) is 0.497. The molecule has 3 heteroatoms. The van der Waals surface area contributed by atoms with Crippen molar-refractivity contribution in [1.29, 1.82) is 5.26 Å². The first kappa shape index (κ1) is 8.24. The lowest BCUT2D eigenvalue weighted by Crippen LogP contribution is -2.36. The van der Waals surface area contributed by atoms with Gasteiger partial charge in [0.15, 0.2) is 5.60 Å². The predicted molar refractivity (Wildman–Crippen MR) is 47.6 cm³/mol. The molecule has 0 radical (unpaired) electrons. The van der Waals surface area contributed by atoms with Gasteiger partial charge in [0.1, 0.15) is 0 Å². The van der Waals surface area contributed by atoms with Crippen molar-refractivity contribution in [3.8, 4) is 6.07 Å². The normalized spacial score (nSPS) is 31.0. The summed E-state index contributed by atoms with van der Waals surface area (Å²) >= 11 is 0. The van der Waals surface area contributed by atoms with E-state index in [4.69, 9.17) is 11.0 Å². The van der Waals surface area contributed by atoms with E-state index in [1.54, 1.807) is 0 Å². The molecule has 66 valence electrons. The molecular weight excluding hydrogens is 164 g/mol. The minimum atomic E-state index is -1.41. The lowest BCUT2D eigenvalue weighted by atomic mass is 9.98. The van der Waals surface area contributed by atoms with Crippen LogP contribution in [0.15, 0.2) is 24.3 Å². The molecule has 0 amide bonds. The van der Waals surface area contributed by atoms with Crippen molar-refractivity contribution in [3.63, 3.8) is 0 Å². The van der Waals surface area contributed by atoms with Crippen molar-refractivity contribution >= 4 is 0 Å². The Hall–Kier alpha value is -1.37. The van der Waals surface area contributed by atoms with Crippen LogP contribution in [0.5, 0.6) is 0 Å². The van der Waals surface area contributed by atoms with Crippen LogP contribution in [0.4, 0.5) is 0 Å². The summed E-state index contributed by atoms with van der Waals surface area (Å²) in [5.41, 5.74) is 6.20. The van der Waals surface area contributed by atoms with Crippen LogP contribution in [0.1, 0.15) is 17.2 Å². The number of aliphatic hydroxyl groups is 1. The number of nitriles is 1. The number of benzene rings is 1. The highest BCUT2D eigenvalue weighted by molar-refractivity contribution is 5.41. The fourth-order valence-electron chi connectivity index (χ4n) is 1.77. The van der Waals surface area contributed by atoms with Crippen molar-refractivity contribution in [2.75, 3.05) is 0 Å². The molecule has 0 fully saturated rings. The Labute approximate surface area is 76.4 Å². The largest absolute Gasteiger partial charge is 0.373 e. The maximum atomic E-state index is 9.80. The van der Waals surface area contributed by atoms with Gasteiger partial charge in [0.2, 0.25) is 0 Å². The first-order chi connectivity index (χ1) is 6.17. The average Bonchev–Trinajstić information content (AvgIpc) is 2.41. The maximum Gasteiger partial charge on any atom is 0.174 e. The Morgan fingerprint density at radius 2 is 2.23 bits per heavy atom. The number of nitrogens with two attached hydrogens (primary N) is 1. The van der Waals surface area contributed by atoms with Gasteiger partial charge in [-0.25, -0.2) is 0 Å². The molecule has 0 spiro atoms. The zero-order valence-corrected chi connectivity index (χ0v) is 7.07. The molecular formula is C10H10N2O. The molecule has 3 N–H and O–H groups in total. The van der Waals surface area contributed by atoms with Gasteiger partial charge in [0, 0.05) is 6.42 Å². The standard InChI is InChI=1S/C10H10N2O/c11-6-10(13)5-7-3-1-2-4-8(7)9(10)12/h1-4,9,13H,5,12H2. The lowest BCUT2D eigenvalue weighted by Gasteiger charge is -2.18. The Kier molecular flexibility index (Phi) is 1.62. The van der Waals surface area contributed by atoms with Crippen LogP contribution in [0.25, 0.3) is 0 Å². The molecule has 1 aliphatic rings. The van der Waals surface area contributed by atoms with Crippen molar-refractivity contribution in [2.24, 2.45) is 5.73 Å². The third kappa shape index (κ3) is 1.04. The number of nitrogens with zero attached hydrogens (tertiary/aromatic N) is 1. The van der Waals surface area contributed by atoms with Crippen LogP contribution >= 0.6 is 0 Å². The molecule has 0 heterocycles. The van der Waals surface area contributed by atoms with E-state index in [-0.39, 0.29) is 0 Å². The Morgan fingerprint density at radius 1 is 1.54 bits per heavy atom. The highest BCUT2D eigenvalue weighted by atomic mass is 16.3. The Morgan fingerprint density at radius 3 is 2.85 bits per heavy atom. The van der Waals surface area contributed by atoms with Crippen molar-refractivity contribution in [2.45, 2.75) is 18.1 Å². The molecule has 0 aliphatic heterocycles. The van der Waals surface area contributed by atoms with Gasteiger partial charge >= 0.3 is 0 Å². The van der Waals surface area contributed by atoms with Gasteiger partial charge < -0.3 is 10.8 Å². The van der Waals surface area contributed by atoms with Gasteiger partial charge in [0.25, 0.3) is 0 Å². The zero-order chi connectivity index (χ0) is 9.47. The summed E-state index contributed by atoms with van der Waals surface area (Å²) in [6.45, 7) is 0. The second-order valence-electron chi connectivity index (χ2n) is 3.39. The molecule has 2 atom stereocenters. The average molecular weight is 174 g/mol. The molecule has 0 saturated carbocycles. The molecule has 0 aromatic heterocycles. The van der Waals surface area contributed by atoms with Gasteiger partial charge in [0.05, 0.1) is 12.1 Å². The Bertz CT molecular complexity index is 383. The number of hydrogen-bond acceptors (Lipinski definition) is 3. The highest BCUT2D eigenvalue weighted by Gasteiger charge is 2.42. The second-order valence-corrected chi connectivity index (χ2v) is 3.39. The number of hydrogen-bond donors (Lipinski definition) is 2. The minimum Gasteiger partial charge on any atom is -0.373 e. The second kappa shape index (κ2) is 2.56. The van der Waals surface area contributed by atoms with E-state index in [0.29, 0.717) is 6.42 Å². The summed E-state index contributed by atoms with van der Waals surface area (Å²) in [6, 6.07) is 8.79. The quantitative estimate of drug-likeness (QED) is 0.562. The topological polar surface area (TPSA) is 70.0 Å². The first-order valence-corrected chi connectivity index (χ1v) is 4.14. The van der Waals surface area contributed by atoms with Crippen LogP contribution in [-0.2, 0) is 6.42 Å². The lowest BCUT2D eigenvalue weighted by molar-refractivity contribution is 0.0834. The maximum absolute atomic E-state index is 9.80. The van der Waals surface area contributed by atoms with E-state index in [1.165, 1.54) is 0 Å². The summed E-state index contributed by atoms with van der Waals surface area (Å²) in [6.07, 6.45) is 0.334. The smallest absolute Gasteiger partial charge is 0.174 e. The minimum absolute atomic E-state index is 0.334. The van der Waals surface area contributed by atoms with Crippen LogP contribution in [0.3, 0.4) is 0 Å².